The van der Waals surface area contributed by atoms with E-state index < -0.39 is 0 Å². The number of hydrogen-bond acceptors (Lipinski definition) is 8. The maximum absolute atomic E-state index is 12.4. The van der Waals surface area contributed by atoms with E-state index >= 15 is 0 Å². The third-order valence-corrected chi connectivity index (χ3v) is 7.71. The second kappa shape index (κ2) is 12.5. The summed E-state index contributed by atoms with van der Waals surface area (Å²) in [6, 6.07) is 11.6. The minimum atomic E-state index is -0.0148. The van der Waals surface area contributed by atoms with E-state index in [2.05, 4.69) is 22.0 Å². The van der Waals surface area contributed by atoms with E-state index in [4.69, 9.17) is 14.5 Å². The molecule has 1 N–H and O–H groups in total. The van der Waals surface area contributed by atoms with Crippen molar-refractivity contribution in [3.63, 3.8) is 0 Å². The maximum Gasteiger partial charge on any atom is 0.251 e. The maximum atomic E-state index is 12.4. The van der Waals surface area contributed by atoms with Crippen molar-refractivity contribution in [2.75, 3.05) is 64.1 Å². The number of aromatic nitrogens is 1. The summed E-state index contributed by atoms with van der Waals surface area (Å²) in [6.45, 7) is 7.26. The first kappa shape index (κ1) is 26.4. The molecule has 0 aliphatic carbocycles. The highest BCUT2D eigenvalue weighted by atomic mass is 35.5. The Morgan fingerprint density at radius 2 is 1.74 bits per heavy atom. The number of thioether (sulfide) groups is 1. The predicted molar refractivity (Wildman–Crippen MR) is 144 cm³/mol. The first-order valence-corrected chi connectivity index (χ1v) is 12.9. The molecule has 1 amide bonds. The van der Waals surface area contributed by atoms with Gasteiger partial charge in [0.1, 0.15) is 21.7 Å². The van der Waals surface area contributed by atoms with Crippen molar-refractivity contribution in [2.45, 2.75) is 11.8 Å². The van der Waals surface area contributed by atoms with Crippen LogP contribution in [0.25, 0.3) is 10.2 Å². The molecular weight excluding hydrogens is 492 g/mol. The number of fused-ring (bicyclic) bond motifs is 1. The van der Waals surface area contributed by atoms with Gasteiger partial charge in [0.2, 0.25) is 0 Å². The molecule has 184 valence electrons. The van der Waals surface area contributed by atoms with Crippen LogP contribution in [0.1, 0.15) is 17.3 Å². The molecule has 1 fully saturated rings. The highest BCUT2D eigenvalue weighted by Crippen LogP contribution is 2.40. The highest BCUT2D eigenvalue weighted by Gasteiger charge is 2.22. The normalized spacial score (nSPS) is 14.0. The molecule has 3 aromatic rings. The molecule has 34 heavy (non-hydrogen) atoms. The van der Waals surface area contributed by atoms with Gasteiger partial charge in [-0.25, -0.2) is 4.98 Å². The predicted octanol–water partition coefficient (Wildman–Crippen LogP) is 4.40. The lowest BCUT2D eigenvalue weighted by atomic mass is 10.2. The van der Waals surface area contributed by atoms with Crippen LogP contribution in [-0.2, 0) is 0 Å². The van der Waals surface area contributed by atoms with Crippen molar-refractivity contribution in [3.05, 3.63) is 42.0 Å². The van der Waals surface area contributed by atoms with Gasteiger partial charge in [0.15, 0.2) is 5.13 Å². The number of carbonyl (C=O) groups is 1. The number of nitrogens with one attached hydrogen (secondary N) is 1. The number of hydrogen-bond donors (Lipinski definition) is 1. The van der Waals surface area contributed by atoms with Crippen molar-refractivity contribution in [2.24, 2.45) is 0 Å². The molecule has 0 atom stereocenters. The van der Waals surface area contributed by atoms with Gasteiger partial charge >= 0.3 is 0 Å². The van der Waals surface area contributed by atoms with Crippen molar-refractivity contribution < 1.29 is 14.3 Å². The van der Waals surface area contributed by atoms with Crippen LogP contribution in [-0.4, -0.2) is 75.0 Å². The molecule has 0 saturated carbocycles. The molecule has 0 spiro atoms. The lowest BCUT2D eigenvalue weighted by molar-refractivity contribution is 0.0947. The fourth-order valence-electron chi connectivity index (χ4n) is 3.87. The van der Waals surface area contributed by atoms with Gasteiger partial charge in [0, 0.05) is 49.7 Å². The molecule has 2 aromatic carbocycles. The second-order valence-corrected chi connectivity index (χ2v) is 10.0. The zero-order valence-corrected chi connectivity index (χ0v) is 22.2. The van der Waals surface area contributed by atoms with Gasteiger partial charge in [0.25, 0.3) is 5.91 Å². The van der Waals surface area contributed by atoms with Crippen LogP contribution in [0.15, 0.2) is 41.3 Å². The fraction of sp³-hybridized carbons (Fsp3) is 0.417. The van der Waals surface area contributed by atoms with E-state index in [1.54, 1.807) is 37.3 Å². The Kier molecular flexibility index (Phi) is 9.70. The fourth-order valence-corrected chi connectivity index (χ4v) is 5.66. The van der Waals surface area contributed by atoms with Crippen molar-refractivity contribution in [1.82, 2.24) is 15.2 Å². The topological polar surface area (TPSA) is 66.9 Å². The summed E-state index contributed by atoms with van der Waals surface area (Å²) in [7, 11) is 3.34. The van der Waals surface area contributed by atoms with Crippen LogP contribution in [0.2, 0.25) is 0 Å². The Morgan fingerprint density at radius 3 is 2.38 bits per heavy atom. The van der Waals surface area contributed by atoms with Crippen LogP contribution < -0.4 is 19.7 Å². The molecule has 1 aromatic heterocycles. The summed E-state index contributed by atoms with van der Waals surface area (Å²) in [6.07, 6.45) is 0. The van der Waals surface area contributed by atoms with E-state index in [9.17, 15) is 4.79 Å². The van der Waals surface area contributed by atoms with Crippen molar-refractivity contribution in [3.8, 4) is 11.5 Å². The molecule has 10 heteroatoms. The number of benzene rings is 2. The lowest BCUT2D eigenvalue weighted by Gasteiger charge is -2.34. The van der Waals surface area contributed by atoms with Gasteiger partial charge in [-0.3, -0.25) is 9.69 Å². The number of nitrogens with zero attached hydrogens (tertiary/aromatic N) is 3. The second-order valence-electron chi connectivity index (χ2n) is 7.69. The van der Waals surface area contributed by atoms with Gasteiger partial charge in [-0.15, -0.1) is 24.2 Å². The first-order chi connectivity index (χ1) is 16.1. The molecule has 4 rings (SSSR count). The van der Waals surface area contributed by atoms with Crippen LogP contribution in [0.5, 0.6) is 11.5 Å². The van der Waals surface area contributed by atoms with E-state index in [0.717, 1.165) is 65.3 Å². The third kappa shape index (κ3) is 6.07. The average molecular weight is 523 g/mol. The van der Waals surface area contributed by atoms with E-state index in [0.29, 0.717) is 12.1 Å². The van der Waals surface area contributed by atoms with Crippen LogP contribution >= 0.6 is 35.5 Å². The van der Waals surface area contributed by atoms with Crippen LogP contribution in [0.3, 0.4) is 0 Å². The molecule has 1 aliphatic heterocycles. The number of thiazole rings is 1. The Balaban J connectivity index is 0.00000324. The molecule has 2 heterocycles. The average Bonchev–Trinajstić information content (AvgIpc) is 3.30. The van der Waals surface area contributed by atoms with Crippen LogP contribution in [0, 0.1) is 0 Å². The summed E-state index contributed by atoms with van der Waals surface area (Å²) in [5.74, 6) is 2.60. The van der Waals surface area contributed by atoms with Gasteiger partial charge < -0.3 is 19.7 Å². The number of ether oxygens (including phenoxy) is 2. The number of carbonyl (C=O) groups excluding carboxylic acids is 1. The molecule has 0 unspecified atom stereocenters. The number of amides is 1. The number of halogens is 1. The Morgan fingerprint density at radius 1 is 1.06 bits per heavy atom. The Bertz CT molecular complexity index is 1040. The smallest absolute Gasteiger partial charge is 0.251 e. The van der Waals surface area contributed by atoms with Crippen LogP contribution in [0.4, 0.5) is 5.13 Å². The van der Waals surface area contributed by atoms with E-state index in [1.165, 1.54) is 4.90 Å². The number of rotatable bonds is 9. The first-order valence-electron chi connectivity index (χ1n) is 11.1. The zero-order valence-electron chi connectivity index (χ0n) is 19.7. The Hall–Kier alpha value is -2.20. The minimum absolute atomic E-state index is 0. The highest BCUT2D eigenvalue weighted by molar-refractivity contribution is 7.99. The summed E-state index contributed by atoms with van der Waals surface area (Å²) >= 11 is 3.42. The van der Waals surface area contributed by atoms with Crippen molar-refractivity contribution in [1.29, 1.82) is 0 Å². The van der Waals surface area contributed by atoms with E-state index in [1.807, 2.05) is 36.4 Å². The molecular formula is C24H31ClN4O3S2. The summed E-state index contributed by atoms with van der Waals surface area (Å²) in [5.41, 5.74) is 1.56. The molecule has 1 saturated heterocycles. The minimum Gasteiger partial charge on any atom is -0.495 e. The zero-order chi connectivity index (χ0) is 23.2. The van der Waals surface area contributed by atoms with Crippen molar-refractivity contribution >= 4 is 56.8 Å². The number of anilines is 1. The third-order valence-electron chi connectivity index (χ3n) is 5.68. The quantitative estimate of drug-likeness (QED) is 0.418. The summed E-state index contributed by atoms with van der Waals surface area (Å²) < 4.78 is 12.0. The monoisotopic (exact) mass is 522 g/mol. The SMILES string of the molecule is CCSc1ccc(C(=O)NCCN2CCN(c3nc4c(OC)ccc(OC)c4s3)CC2)cc1.Cl. The molecule has 0 radical (unpaired) electrons. The molecule has 7 nitrogen and oxygen atoms in total. The molecule has 0 bridgehead atoms. The Labute approximate surface area is 215 Å². The number of piperazine rings is 1. The lowest BCUT2D eigenvalue weighted by Crippen LogP contribution is -2.48. The largest absolute Gasteiger partial charge is 0.495 e. The summed E-state index contributed by atoms with van der Waals surface area (Å²) in [4.78, 5) is 23.1. The van der Waals surface area contributed by atoms with E-state index in [-0.39, 0.29) is 18.3 Å². The van der Waals surface area contributed by atoms with Gasteiger partial charge in [-0.05, 0) is 42.2 Å². The van der Waals surface area contributed by atoms with Gasteiger partial charge in [0.05, 0.1) is 14.2 Å². The summed E-state index contributed by atoms with van der Waals surface area (Å²) in [5, 5.41) is 4.04. The standard InChI is InChI=1S/C24H30N4O3S2.ClH/c1-4-32-18-7-5-17(6-8-18)23(29)25-11-12-27-13-15-28(16-14-27)24-26-21-19(30-2)9-10-20(31-3)22(21)33-24;/h5-10H,4,11-16H2,1-3H3,(H,25,29);1H. The van der Waals surface area contributed by atoms with Gasteiger partial charge in [-0.1, -0.05) is 18.3 Å². The van der Waals surface area contributed by atoms with Gasteiger partial charge in [-0.2, -0.15) is 0 Å². The molecule has 1 aliphatic rings. The number of methoxy groups -OCH3 is 2.